The molecule has 8 atom stereocenters. The summed E-state index contributed by atoms with van der Waals surface area (Å²) in [5.74, 6) is -0.446. The highest BCUT2D eigenvalue weighted by Crippen LogP contribution is 2.51. The number of hydrogen-bond acceptors (Lipinski definition) is 5. The van der Waals surface area contributed by atoms with Crippen LogP contribution in [0.1, 0.15) is 59.3 Å². The van der Waals surface area contributed by atoms with Gasteiger partial charge in [-0.1, -0.05) is 19.9 Å². The second kappa shape index (κ2) is 5.80. The van der Waals surface area contributed by atoms with Gasteiger partial charge < -0.3 is 19.3 Å². The van der Waals surface area contributed by atoms with Crippen molar-refractivity contribution in [1.82, 2.24) is 0 Å². The lowest BCUT2D eigenvalue weighted by Crippen LogP contribution is -2.37. The highest BCUT2D eigenvalue weighted by atomic mass is 16.6. The Kier molecular flexibility index (Phi) is 4.06. The molecule has 140 valence electrons. The molecule has 3 heterocycles. The van der Waals surface area contributed by atoms with E-state index in [2.05, 4.69) is 20.4 Å². The van der Waals surface area contributed by atoms with Crippen molar-refractivity contribution in [2.45, 2.75) is 94.9 Å². The normalized spacial score (nSPS) is 53.1. The summed E-state index contributed by atoms with van der Waals surface area (Å²) in [4.78, 5) is 12.0. The Morgan fingerprint density at radius 2 is 1.80 bits per heavy atom. The van der Waals surface area contributed by atoms with E-state index in [-0.39, 0.29) is 35.1 Å². The number of fused-ring (bicyclic) bond motifs is 3. The molecule has 0 radical (unpaired) electrons. The Morgan fingerprint density at radius 1 is 1.12 bits per heavy atom. The number of aliphatic hydroxyl groups excluding tert-OH is 1. The van der Waals surface area contributed by atoms with Gasteiger partial charge in [0, 0.05) is 11.5 Å². The monoisotopic (exact) mass is 350 g/mol. The molecule has 3 saturated heterocycles. The summed E-state index contributed by atoms with van der Waals surface area (Å²) < 4.78 is 17.4. The van der Waals surface area contributed by atoms with E-state index >= 15 is 0 Å². The van der Waals surface area contributed by atoms with Gasteiger partial charge in [-0.3, -0.25) is 0 Å². The van der Waals surface area contributed by atoms with Crippen molar-refractivity contribution in [3.63, 3.8) is 0 Å². The number of epoxide rings is 2. The molecule has 4 rings (SSSR count). The van der Waals surface area contributed by atoms with Gasteiger partial charge in [-0.05, 0) is 51.9 Å². The van der Waals surface area contributed by atoms with Crippen molar-refractivity contribution in [2.24, 2.45) is 11.8 Å². The van der Waals surface area contributed by atoms with Crippen molar-refractivity contribution in [3.05, 3.63) is 12.2 Å². The molecule has 0 aromatic heterocycles. The Balaban J connectivity index is 1.53. The van der Waals surface area contributed by atoms with Crippen LogP contribution >= 0.6 is 0 Å². The molecule has 1 aliphatic carbocycles. The summed E-state index contributed by atoms with van der Waals surface area (Å²) in [6.07, 6.45) is 4.87. The zero-order valence-electron chi connectivity index (χ0n) is 15.5. The third-order valence-electron chi connectivity index (χ3n) is 7.04. The number of ether oxygens (including phenoxy) is 3. The van der Waals surface area contributed by atoms with Crippen LogP contribution < -0.4 is 0 Å². The van der Waals surface area contributed by atoms with Crippen LogP contribution in [0.3, 0.4) is 0 Å². The van der Waals surface area contributed by atoms with E-state index in [4.69, 9.17) is 14.2 Å². The minimum atomic E-state index is -0.662. The second-order valence-corrected chi connectivity index (χ2v) is 8.97. The smallest absolute Gasteiger partial charge is 0.334 e. The molecule has 0 unspecified atom stereocenters. The predicted molar refractivity (Wildman–Crippen MR) is 91.9 cm³/mol. The molecule has 4 aliphatic rings. The van der Waals surface area contributed by atoms with Crippen LogP contribution in [0, 0.1) is 11.8 Å². The molecule has 5 nitrogen and oxygen atoms in total. The van der Waals surface area contributed by atoms with E-state index in [9.17, 15) is 9.90 Å². The predicted octanol–water partition coefficient (Wildman–Crippen LogP) is 2.75. The third kappa shape index (κ3) is 3.04. The molecule has 3 aliphatic heterocycles. The van der Waals surface area contributed by atoms with Crippen molar-refractivity contribution in [2.75, 3.05) is 0 Å². The Labute approximate surface area is 149 Å². The molecule has 25 heavy (non-hydrogen) atoms. The summed E-state index contributed by atoms with van der Waals surface area (Å²) in [6, 6.07) is 0. The molecular formula is C20H30O5. The van der Waals surface area contributed by atoms with E-state index in [1.165, 1.54) is 0 Å². The maximum atomic E-state index is 12.0. The van der Waals surface area contributed by atoms with E-state index in [1.807, 2.05) is 6.92 Å². The standard InChI is InChI=1S/C20H30O5/c1-11-6-5-8-19(3)14(24-19)7-9-20(4)15(25-20)10-13-12(2)18(22)23-17(13)16(11)21/h11,13-17,21H,2,5-10H2,1,3-4H3/t11-,13-,14-,15-,16-,17+,19+,20+/m0/s1. The maximum Gasteiger partial charge on any atom is 0.334 e. The zero-order chi connectivity index (χ0) is 18.0. The first kappa shape index (κ1) is 17.5. The van der Waals surface area contributed by atoms with Crippen molar-refractivity contribution in [3.8, 4) is 0 Å². The fourth-order valence-electron chi connectivity index (χ4n) is 4.82. The van der Waals surface area contributed by atoms with Gasteiger partial charge in [-0.2, -0.15) is 0 Å². The lowest BCUT2D eigenvalue weighted by Gasteiger charge is -2.28. The van der Waals surface area contributed by atoms with Crippen LogP contribution in [0.25, 0.3) is 0 Å². The van der Waals surface area contributed by atoms with E-state index < -0.39 is 12.2 Å². The van der Waals surface area contributed by atoms with Gasteiger partial charge in [0.05, 0.1) is 29.5 Å². The first-order chi connectivity index (χ1) is 11.7. The minimum absolute atomic E-state index is 0.00776. The highest BCUT2D eigenvalue weighted by Gasteiger charge is 2.58. The van der Waals surface area contributed by atoms with Gasteiger partial charge in [0.2, 0.25) is 0 Å². The molecule has 0 aromatic rings. The lowest BCUT2D eigenvalue weighted by atomic mass is 9.81. The second-order valence-electron chi connectivity index (χ2n) is 8.97. The number of esters is 1. The zero-order valence-corrected chi connectivity index (χ0v) is 15.5. The van der Waals surface area contributed by atoms with E-state index in [0.717, 1.165) is 32.1 Å². The third-order valence-corrected chi connectivity index (χ3v) is 7.04. The molecule has 4 fully saturated rings. The van der Waals surface area contributed by atoms with Gasteiger partial charge in [0.1, 0.15) is 6.10 Å². The first-order valence-corrected chi connectivity index (χ1v) is 9.67. The summed E-state index contributed by atoms with van der Waals surface area (Å²) in [5, 5.41) is 10.8. The highest BCUT2D eigenvalue weighted by molar-refractivity contribution is 5.90. The van der Waals surface area contributed by atoms with Crippen molar-refractivity contribution in [1.29, 1.82) is 0 Å². The molecular weight excluding hydrogens is 320 g/mol. The van der Waals surface area contributed by atoms with E-state index in [1.54, 1.807) is 0 Å². The van der Waals surface area contributed by atoms with Gasteiger partial charge in [0.25, 0.3) is 0 Å². The molecule has 0 spiro atoms. The Hall–Kier alpha value is -0.910. The number of carbonyl (C=O) groups excluding carboxylic acids is 1. The van der Waals surface area contributed by atoms with Gasteiger partial charge in [-0.15, -0.1) is 0 Å². The van der Waals surface area contributed by atoms with Crippen LogP contribution in [-0.4, -0.2) is 46.7 Å². The van der Waals surface area contributed by atoms with Crippen molar-refractivity contribution >= 4 is 5.97 Å². The van der Waals surface area contributed by atoms with Crippen LogP contribution in [0.15, 0.2) is 12.2 Å². The van der Waals surface area contributed by atoms with Crippen molar-refractivity contribution < 1.29 is 24.1 Å². The Morgan fingerprint density at radius 3 is 2.56 bits per heavy atom. The molecule has 0 bridgehead atoms. The minimum Gasteiger partial charge on any atom is -0.456 e. The average Bonchev–Trinajstić information content (AvgIpc) is 3.38. The number of rotatable bonds is 0. The van der Waals surface area contributed by atoms with Gasteiger partial charge in [0.15, 0.2) is 0 Å². The summed E-state index contributed by atoms with van der Waals surface area (Å²) >= 11 is 0. The van der Waals surface area contributed by atoms with Crippen LogP contribution in [0.5, 0.6) is 0 Å². The Bertz CT molecular complexity index is 589. The van der Waals surface area contributed by atoms with Crippen LogP contribution in [-0.2, 0) is 19.0 Å². The molecule has 1 saturated carbocycles. The average molecular weight is 350 g/mol. The number of carbonyl (C=O) groups is 1. The van der Waals surface area contributed by atoms with Crippen LogP contribution in [0.4, 0.5) is 0 Å². The molecule has 0 aromatic carbocycles. The summed E-state index contributed by atoms with van der Waals surface area (Å²) in [7, 11) is 0. The quantitative estimate of drug-likeness (QED) is 0.413. The van der Waals surface area contributed by atoms with Gasteiger partial charge >= 0.3 is 5.97 Å². The molecule has 1 N–H and O–H groups in total. The summed E-state index contributed by atoms with van der Waals surface area (Å²) in [6.45, 7) is 10.3. The maximum absolute atomic E-state index is 12.0. The SMILES string of the molecule is C=C1C(=O)O[C@H]2[C@@H](O)[C@@H](C)CCC[C@@]3(C)O[C@H]3CC[C@@]3(C)O[C@H]3C[C@@H]12. The number of aliphatic hydroxyl groups is 1. The fraction of sp³-hybridized carbons (Fsp3) is 0.850. The summed E-state index contributed by atoms with van der Waals surface area (Å²) in [5.41, 5.74) is 0.329. The lowest BCUT2D eigenvalue weighted by molar-refractivity contribution is -0.146. The topological polar surface area (TPSA) is 71.6 Å². The fourth-order valence-corrected chi connectivity index (χ4v) is 4.82. The molecule has 5 heteroatoms. The van der Waals surface area contributed by atoms with E-state index in [0.29, 0.717) is 18.1 Å². The first-order valence-electron chi connectivity index (χ1n) is 9.67. The van der Waals surface area contributed by atoms with Gasteiger partial charge in [-0.25, -0.2) is 4.79 Å². The number of hydrogen-bond donors (Lipinski definition) is 1. The van der Waals surface area contributed by atoms with Crippen LogP contribution in [0.2, 0.25) is 0 Å². The molecule has 0 amide bonds. The largest absolute Gasteiger partial charge is 0.456 e.